The molecule has 1 rings (SSSR count). The molecule has 0 fully saturated rings. The van der Waals surface area contributed by atoms with Crippen molar-refractivity contribution in [3.8, 4) is 5.75 Å². The Morgan fingerprint density at radius 2 is 2.12 bits per heavy atom. The van der Waals surface area contributed by atoms with Crippen LogP contribution in [0.3, 0.4) is 0 Å². The first kappa shape index (κ1) is 13.2. The molecule has 1 N–H and O–H groups in total. The van der Waals surface area contributed by atoms with Gasteiger partial charge >= 0.3 is 0 Å². The number of hydrogen-bond acceptors (Lipinski definition) is 3. The largest absolute Gasteiger partial charge is 0.495 e. The molecular weight excluding hydrogens is 218 g/mol. The molecule has 0 aliphatic carbocycles. The van der Waals surface area contributed by atoms with E-state index in [2.05, 4.69) is 50.0 Å². The second kappa shape index (κ2) is 6.69. The maximum atomic E-state index is 5.39. The topological polar surface area (TPSA) is 21.3 Å². The maximum Gasteiger partial charge on any atom is 0.142 e. The zero-order valence-corrected chi connectivity index (χ0v) is 11.2. The summed E-state index contributed by atoms with van der Waals surface area (Å²) in [5, 5.41) is 3.36. The molecule has 0 radical (unpaired) electrons. The van der Waals surface area contributed by atoms with Gasteiger partial charge < -0.3 is 10.1 Å². The number of rotatable bonds is 6. The zero-order valence-electron chi connectivity index (χ0n) is 10.3. The van der Waals surface area contributed by atoms with Gasteiger partial charge in [0.15, 0.2) is 0 Å². The van der Waals surface area contributed by atoms with Crippen LogP contribution in [-0.2, 0) is 0 Å². The van der Waals surface area contributed by atoms with E-state index in [0.717, 1.165) is 30.2 Å². The number of thiol groups is 1. The van der Waals surface area contributed by atoms with Gasteiger partial charge in [-0.05, 0) is 35.8 Å². The van der Waals surface area contributed by atoms with E-state index < -0.39 is 0 Å². The Bertz CT molecular complexity index is 326. The molecule has 0 aliphatic rings. The molecular formula is C13H21NOS. The van der Waals surface area contributed by atoms with E-state index in [4.69, 9.17) is 4.74 Å². The van der Waals surface area contributed by atoms with E-state index >= 15 is 0 Å². The van der Waals surface area contributed by atoms with Gasteiger partial charge in [-0.25, -0.2) is 0 Å². The molecule has 16 heavy (non-hydrogen) atoms. The standard InChI is InChI=1S/C13H21NOS/c1-10(2)11-5-6-12(13(9-11)15-3)14-7-4-8-16/h5-6,9-10,14,16H,4,7-8H2,1-3H3. The summed E-state index contributed by atoms with van der Waals surface area (Å²) >= 11 is 4.19. The minimum absolute atomic E-state index is 0.528. The first-order chi connectivity index (χ1) is 7.69. The van der Waals surface area contributed by atoms with E-state index in [1.807, 2.05) is 0 Å². The third-order valence-electron chi connectivity index (χ3n) is 2.54. The second-order valence-electron chi connectivity index (χ2n) is 4.12. The van der Waals surface area contributed by atoms with Gasteiger partial charge in [0.25, 0.3) is 0 Å². The van der Waals surface area contributed by atoms with Gasteiger partial charge in [0.05, 0.1) is 12.8 Å². The molecule has 2 nitrogen and oxygen atoms in total. The van der Waals surface area contributed by atoms with Crippen LogP contribution in [0.1, 0.15) is 31.7 Å². The molecule has 1 aromatic rings. The number of anilines is 1. The molecule has 0 amide bonds. The first-order valence-corrected chi connectivity index (χ1v) is 6.35. The lowest BCUT2D eigenvalue weighted by Crippen LogP contribution is -2.04. The summed E-state index contributed by atoms with van der Waals surface area (Å²) < 4.78 is 5.39. The van der Waals surface area contributed by atoms with Gasteiger partial charge in [-0.15, -0.1) is 0 Å². The highest BCUT2D eigenvalue weighted by molar-refractivity contribution is 7.80. The van der Waals surface area contributed by atoms with Crippen molar-refractivity contribution in [1.82, 2.24) is 0 Å². The zero-order chi connectivity index (χ0) is 12.0. The molecule has 0 saturated carbocycles. The summed E-state index contributed by atoms with van der Waals surface area (Å²) in [6, 6.07) is 6.34. The van der Waals surface area contributed by atoms with Crippen molar-refractivity contribution in [1.29, 1.82) is 0 Å². The fourth-order valence-corrected chi connectivity index (χ4v) is 1.67. The van der Waals surface area contributed by atoms with Crippen molar-refractivity contribution in [3.63, 3.8) is 0 Å². The molecule has 0 aliphatic heterocycles. The minimum atomic E-state index is 0.528. The van der Waals surface area contributed by atoms with Crippen LogP contribution in [0.25, 0.3) is 0 Å². The van der Waals surface area contributed by atoms with Crippen LogP contribution in [0, 0.1) is 0 Å². The summed E-state index contributed by atoms with van der Waals surface area (Å²) in [5.41, 5.74) is 2.37. The van der Waals surface area contributed by atoms with Gasteiger partial charge in [0, 0.05) is 6.54 Å². The first-order valence-electron chi connectivity index (χ1n) is 5.71. The lowest BCUT2D eigenvalue weighted by molar-refractivity contribution is 0.415. The Hall–Kier alpha value is -0.830. The second-order valence-corrected chi connectivity index (χ2v) is 4.57. The third kappa shape index (κ3) is 3.63. The molecule has 0 atom stereocenters. The SMILES string of the molecule is COc1cc(C(C)C)ccc1NCCCS. The fourth-order valence-electron chi connectivity index (χ4n) is 1.52. The minimum Gasteiger partial charge on any atom is -0.495 e. The Balaban J connectivity index is 2.76. The van der Waals surface area contributed by atoms with Crippen molar-refractivity contribution in [2.75, 3.05) is 24.7 Å². The molecule has 90 valence electrons. The molecule has 0 spiro atoms. The average Bonchev–Trinajstić information content (AvgIpc) is 2.29. The lowest BCUT2D eigenvalue weighted by Gasteiger charge is -2.13. The van der Waals surface area contributed by atoms with E-state index in [1.54, 1.807) is 7.11 Å². The predicted molar refractivity (Wildman–Crippen MR) is 74.0 cm³/mol. The highest BCUT2D eigenvalue weighted by Gasteiger charge is 2.05. The van der Waals surface area contributed by atoms with Crippen molar-refractivity contribution in [2.45, 2.75) is 26.2 Å². The molecule has 0 bridgehead atoms. The van der Waals surface area contributed by atoms with Crippen LogP contribution < -0.4 is 10.1 Å². The van der Waals surface area contributed by atoms with Gasteiger partial charge in [0.1, 0.15) is 5.75 Å². The quantitative estimate of drug-likeness (QED) is 0.585. The van der Waals surface area contributed by atoms with Crippen LogP contribution >= 0.6 is 12.6 Å². The van der Waals surface area contributed by atoms with Crippen molar-refractivity contribution in [3.05, 3.63) is 23.8 Å². The molecule has 0 unspecified atom stereocenters. The average molecular weight is 239 g/mol. The number of benzene rings is 1. The van der Waals surface area contributed by atoms with E-state index in [-0.39, 0.29) is 0 Å². The van der Waals surface area contributed by atoms with Crippen LogP contribution in [0.15, 0.2) is 18.2 Å². The Kier molecular flexibility index (Phi) is 5.53. The third-order valence-corrected chi connectivity index (χ3v) is 2.86. The number of methoxy groups -OCH3 is 1. The molecule has 3 heteroatoms. The van der Waals surface area contributed by atoms with Gasteiger partial charge in [0.2, 0.25) is 0 Å². The fraction of sp³-hybridized carbons (Fsp3) is 0.538. The summed E-state index contributed by atoms with van der Waals surface area (Å²) in [6.07, 6.45) is 1.05. The monoisotopic (exact) mass is 239 g/mol. The van der Waals surface area contributed by atoms with Crippen molar-refractivity contribution in [2.24, 2.45) is 0 Å². The summed E-state index contributed by atoms with van der Waals surface area (Å²) in [5.74, 6) is 2.35. The highest BCUT2D eigenvalue weighted by atomic mass is 32.1. The molecule has 0 aromatic heterocycles. The van der Waals surface area contributed by atoms with Gasteiger partial charge in [-0.3, -0.25) is 0 Å². The normalized spacial score (nSPS) is 10.6. The highest BCUT2D eigenvalue weighted by Crippen LogP contribution is 2.28. The Morgan fingerprint density at radius 3 is 2.69 bits per heavy atom. The maximum absolute atomic E-state index is 5.39. The van der Waals surface area contributed by atoms with Crippen LogP contribution in [0.5, 0.6) is 5.75 Å². The van der Waals surface area contributed by atoms with Crippen molar-refractivity contribution < 1.29 is 4.74 Å². The number of nitrogens with one attached hydrogen (secondary N) is 1. The summed E-state index contributed by atoms with van der Waals surface area (Å²) in [7, 11) is 1.71. The van der Waals surface area contributed by atoms with E-state index in [0.29, 0.717) is 5.92 Å². The predicted octanol–water partition coefficient (Wildman–Crippen LogP) is 3.55. The Labute approximate surface area is 104 Å². The number of hydrogen-bond donors (Lipinski definition) is 2. The molecule has 0 saturated heterocycles. The number of ether oxygens (including phenoxy) is 1. The lowest BCUT2D eigenvalue weighted by atomic mass is 10.0. The summed E-state index contributed by atoms with van der Waals surface area (Å²) in [6.45, 7) is 5.30. The van der Waals surface area contributed by atoms with Crippen LogP contribution in [-0.4, -0.2) is 19.4 Å². The van der Waals surface area contributed by atoms with E-state index in [9.17, 15) is 0 Å². The van der Waals surface area contributed by atoms with Gasteiger partial charge in [-0.2, -0.15) is 12.6 Å². The molecule has 0 heterocycles. The van der Waals surface area contributed by atoms with Crippen LogP contribution in [0.4, 0.5) is 5.69 Å². The Morgan fingerprint density at radius 1 is 1.38 bits per heavy atom. The van der Waals surface area contributed by atoms with Crippen LogP contribution in [0.2, 0.25) is 0 Å². The van der Waals surface area contributed by atoms with Gasteiger partial charge in [-0.1, -0.05) is 19.9 Å². The van der Waals surface area contributed by atoms with E-state index in [1.165, 1.54) is 5.56 Å². The molecule has 1 aromatic carbocycles. The van der Waals surface area contributed by atoms with Crippen molar-refractivity contribution >= 4 is 18.3 Å². The smallest absolute Gasteiger partial charge is 0.142 e. The summed E-state index contributed by atoms with van der Waals surface area (Å²) in [4.78, 5) is 0.